The van der Waals surface area contributed by atoms with E-state index >= 15 is 0 Å². The van der Waals surface area contributed by atoms with Gasteiger partial charge in [-0.2, -0.15) is 0 Å². The number of halogens is 1. The normalized spacial score (nSPS) is 12.9. The van der Waals surface area contributed by atoms with Crippen LogP contribution in [0.1, 0.15) is 31.9 Å². The van der Waals surface area contributed by atoms with E-state index in [0.29, 0.717) is 22.3 Å². The summed E-state index contributed by atoms with van der Waals surface area (Å²) in [5.41, 5.74) is 6.63. The summed E-state index contributed by atoms with van der Waals surface area (Å²) < 4.78 is 5.19. The van der Waals surface area contributed by atoms with Gasteiger partial charge in [0.15, 0.2) is 0 Å². The first-order valence-corrected chi connectivity index (χ1v) is 5.66. The van der Waals surface area contributed by atoms with Crippen molar-refractivity contribution < 1.29 is 9.84 Å². The molecule has 0 bridgehead atoms. The fourth-order valence-corrected chi connectivity index (χ4v) is 1.89. The molecule has 0 saturated heterocycles. The van der Waals surface area contributed by atoms with E-state index in [1.165, 1.54) is 0 Å². The standard InChI is InChI=1S/C12H18ClNO2/c1-7(2)6-9(14)11-10(16-3)5-4-8(13)12(11)15/h4-5,7,9,15H,6,14H2,1-3H3/t9-/m0/s1. The van der Waals surface area contributed by atoms with Gasteiger partial charge in [0.1, 0.15) is 11.5 Å². The lowest BCUT2D eigenvalue weighted by Crippen LogP contribution is -2.14. The molecular formula is C12H18ClNO2. The number of phenolic OH excluding ortho intramolecular Hbond substituents is 1. The minimum atomic E-state index is -0.270. The van der Waals surface area contributed by atoms with Crippen LogP contribution in [0, 0.1) is 5.92 Å². The lowest BCUT2D eigenvalue weighted by Gasteiger charge is -2.19. The van der Waals surface area contributed by atoms with Crippen molar-refractivity contribution in [3.8, 4) is 11.5 Å². The molecule has 0 unspecified atom stereocenters. The molecular weight excluding hydrogens is 226 g/mol. The van der Waals surface area contributed by atoms with E-state index < -0.39 is 0 Å². The van der Waals surface area contributed by atoms with Gasteiger partial charge in [-0.3, -0.25) is 0 Å². The summed E-state index contributed by atoms with van der Waals surface area (Å²) in [7, 11) is 1.55. The Kier molecular flexibility index (Phi) is 4.44. The lowest BCUT2D eigenvalue weighted by molar-refractivity contribution is 0.385. The zero-order chi connectivity index (χ0) is 12.3. The van der Waals surface area contributed by atoms with E-state index in [0.717, 1.165) is 6.42 Å². The molecule has 0 amide bonds. The van der Waals surface area contributed by atoms with Crippen LogP contribution in [-0.4, -0.2) is 12.2 Å². The van der Waals surface area contributed by atoms with Crippen LogP contribution < -0.4 is 10.5 Å². The molecule has 0 heterocycles. The predicted molar refractivity (Wildman–Crippen MR) is 66.1 cm³/mol. The zero-order valence-electron chi connectivity index (χ0n) is 9.83. The first kappa shape index (κ1) is 13.1. The second-order valence-corrected chi connectivity index (χ2v) is 4.66. The van der Waals surface area contributed by atoms with Crippen molar-refractivity contribution >= 4 is 11.6 Å². The highest BCUT2D eigenvalue weighted by Gasteiger charge is 2.19. The van der Waals surface area contributed by atoms with Crippen LogP contribution in [0.4, 0.5) is 0 Å². The van der Waals surface area contributed by atoms with Gasteiger partial charge in [-0.25, -0.2) is 0 Å². The fraction of sp³-hybridized carbons (Fsp3) is 0.500. The number of hydrogen-bond acceptors (Lipinski definition) is 3. The second kappa shape index (κ2) is 5.41. The van der Waals surface area contributed by atoms with Crippen molar-refractivity contribution in [2.75, 3.05) is 7.11 Å². The van der Waals surface area contributed by atoms with Crippen molar-refractivity contribution in [2.24, 2.45) is 11.7 Å². The topological polar surface area (TPSA) is 55.5 Å². The summed E-state index contributed by atoms with van der Waals surface area (Å²) in [5.74, 6) is 1.04. The minimum Gasteiger partial charge on any atom is -0.506 e. The van der Waals surface area contributed by atoms with E-state index in [-0.39, 0.29) is 11.8 Å². The first-order chi connectivity index (χ1) is 7.47. The van der Waals surface area contributed by atoms with Gasteiger partial charge in [0.2, 0.25) is 0 Å². The van der Waals surface area contributed by atoms with E-state index in [1.807, 2.05) is 0 Å². The zero-order valence-corrected chi connectivity index (χ0v) is 10.6. The maximum Gasteiger partial charge on any atom is 0.142 e. The number of nitrogens with two attached hydrogens (primary N) is 1. The molecule has 90 valence electrons. The number of methoxy groups -OCH3 is 1. The quantitative estimate of drug-likeness (QED) is 0.855. The molecule has 3 nitrogen and oxygen atoms in total. The van der Waals surface area contributed by atoms with Crippen LogP contribution in [0.3, 0.4) is 0 Å². The molecule has 3 N–H and O–H groups in total. The van der Waals surface area contributed by atoms with E-state index in [1.54, 1.807) is 19.2 Å². The van der Waals surface area contributed by atoms with Crippen LogP contribution in [0.2, 0.25) is 5.02 Å². The molecule has 1 aromatic rings. The van der Waals surface area contributed by atoms with Gasteiger partial charge < -0.3 is 15.6 Å². The summed E-state index contributed by atoms with van der Waals surface area (Å²) in [6, 6.07) is 3.05. The highest BCUT2D eigenvalue weighted by molar-refractivity contribution is 6.32. The van der Waals surface area contributed by atoms with Crippen molar-refractivity contribution in [3.63, 3.8) is 0 Å². The van der Waals surface area contributed by atoms with Crippen LogP contribution in [0.25, 0.3) is 0 Å². The van der Waals surface area contributed by atoms with E-state index in [9.17, 15) is 5.11 Å². The van der Waals surface area contributed by atoms with Crippen LogP contribution >= 0.6 is 11.6 Å². The maximum atomic E-state index is 9.90. The number of rotatable bonds is 4. The van der Waals surface area contributed by atoms with Crippen molar-refractivity contribution in [3.05, 3.63) is 22.7 Å². The molecule has 0 aliphatic heterocycles. The second-order valence-electron chi connectivity index (χ2n) is 4.25. The lowest BCUT2D eigenvalue weighted by atomic mass is 9.96. The Morgan fingerprint density at radius 2 is 2.06 bits per heavy atom. The summed E-state index contributed by atoms with van der Waals surface area (Å²) in [4.78, 5) is 0. The van der Waals surface area contributed by atoms with Crippen LogP contribution in [0.5, 0.6) is 11.5 Å². The third kappa shape index (κ3) is 2.80. The molecule has 16 heavy (non-hydrogen) atoms. The average molecular weight is 244 g/mol. The Hall–Kier alpha value is -0.930. The molecule has 0 radical (unpaired) electrons. The monoisotopic (exact) mass is 243 g/mol. The molecule has 0 aromatic heterocycles. The summed E-state index contributed by atoms with van der Waals surface area (Å²) in [5, 5.41) is 10.2. The highest BCUT2D eigenvalue weighted by atomic mass is 35.5. The first-order valence-electron chi connectivity index (χ1n) is 5.28. The molecule has 0 aliphatic carbocycles. The van der Waals surface area contributed by atoms with Crippen LogP contribution in [-0.2, 0) is 0 Å². The number of benzene rings is 1. The minimum absolute atomic E-state index is 0.0224. The summed E-state index contributed by atoms with van der Waals surface area (Å²) in [6.07, 6.45) is 0.768. The van der Waals surface area contributed by atoms with Gasteiger partial charge in [0, 0.05) is 6.04 Å². The van der Waals surface area contributed by atoms with Gasteiger partial charge in [-0.1, -0.05) is 25.4 Å². The number of hydrogen-bond donors (Lipinski definition) is 2. The highest BCUT2D eigenvalue weighted by Crippen LogP contribution is 2.39. The smallest absolute Gasteiger partial charge is 0.142 e. The Bertz CT molecular complexity index is 366. The van der Waals surface area contributed by atoms with Gasteiger partial charge in [0.25, 0.3) is 0 Å². The summed E-state index contributed by atoms with van der Waals surface area (Å²) >= 11 is 5.86. The maximum absolute atomic E-state index is 9.90. The van der Waals surface area contributed by atoms with Crippen molar-refractivity contribution in [2.45, 2.75) is 26.3 Å². The molecule has 0 fully saturated rings. The molecule has 0 spiro atoms. The Balaban J connectivity index is 3.13. The third-order valence-corrected chi connectivity index (χ3v) is 2.75. The molecule has 1 aromatic carbocycles. The van der Waals surface area contributed by atoms with Crippen molar-refractivity contribution in [1.82, 2.24) is 0 Å². The van der Waals surface area contributed by atoms with Gasteiger partial charge in [-0.05, 0) is 24.5 Å². The van der Waals surface area contributed by atoms with Gasteiger partial charge >= 0.3 is 0 Å². The van der Waals surface area contributed by atoms with Crippen molar-refractivity contribution in [1.29, 1.82) is 0 Å². The molecule has 1 rings (SSSR count). The van der Waals surface area contributed by atoms with Gasteiger partial charge in [0.05, 0.1) is 17.7 Å². The largest absolute Gasteiger partial charge is 0.506 e. The SMILES string of the molecule is COc1ccc(Cl)c(O)c1[C@@H](N)CC(C)C. The number of ether oxygens (including phenoxy) is 1. The number of aromatic hydroxyl groups is 1. The predicted octanol–water partition coefficient (Wildman–Crippen LogP) is 3.10. The fourth-order valence-electron chi connectivity index (χ4n) is 1.72. The molecule has 1 atom stereocenters. The molecule has 4 heteroatoms. The van der Waals surface area contributed by atoms with Crippen LogP contribution in [0.15, 0.2) is 12.1 Å². The average Bonchev–Trinajstić information content (AvgIpc) is 2.20. The summed E-state index contributed by atoms with van der Waals surface area (Å²) in [6.45, 7) is 4.15. The molecule has 0 saturated carbocycles. The Labute approximate surface area is 101 Å². The van der Waals surface area contributed by atoms with E-state index in [4.69, 9.17) is 22.1 Å². The Morgan fingerprint density at radius 1 is 1.44 bits per heavy atom. The molecule has 0 aliphatic rings. The Morgan fingerprint density at radius 3 is 2.56 bits per heavy atom. The van der Waals surface area contributed by atoms with E-state index in [2.05, 4.69) is 13.8 Å². The third-order valence-electron chi connectivity index (χ3n) is 2.44. The number of phenols is 1. The van der Waals surface area contributed by atoms with Gasteiger partial charge in [-0.15, -0.1) is 0 Å².